The van der Waals surface area contributed by atoms with E-state index in [2.05, 4.69) is 5.32 Å². The fourth-order valence-corrected chi connectivity index (χ4v) is 2.44. The molecule has 2 rings (SSSR count). The Kier molecular flexibility index (Phi) is 5.06. The Morgan fingerprint density at radius 1 is 1.22 bits per heavy atom. The van der Waals surface area contributed by atoms with Crippen molar-refractivity contribution in [2.75, 3.05) is 19.5 Å². The first kappa shape index (κ1) is 16.6. The number of rotatable bonds is 5. The first-order chi connectivity index (χ1) is 11.0. The van der Waals surface area contributed by atoms with Crippen molar-refractivity contribution < 1.29 is 14.6 Å². The van der Waals surface area contributed by atoms with Gasteiger partial charge in [0.1, 0.15) is 11.5 Å². The second kappa shape index (κ2) is 7.01. The Bertz CT molecular complexity index is 746. The van der Waals surface area contributed by atoms with Gasteiger partial charge in [-0.3, -0.25) is 4.79 Å². The number of phenols is 1. The quantitative estimate of drug-likeness (QED) is 0.648. The number of carbonyl (C=O) groups is 1. The van der Waals surface area contributed by atoms with Crippen LogP contribution in [0.1, 0.15) is 27.0 Å². The number of hydrogen-bond donors (Lipinski definition) is 2. The molecule has 4 nitrogen and oxygen atoms in total. The van der Waals surface area contributed by atoms with Crippen molar-refractivity contribution in [1.29, 1.82) is 0 Å². The van der Waals surface area contributed by atoms with Crippen molar-refractivity contribution in [3.05, 3.63) is 58.7 Å². The first-order valence-corrected chi connectivity index (χ1v) is 7.35. The number of ketones is 1. The van der Waals surface area contributed by atoms with E-state index in [0.717, 1.165) is 16.8 Å². The lowest BCUT2D eigenvalue weighted by Gasteiger charge is -2.12. The van der Waals surface area contributed by atoms with E-state index in [4.69, 9.17) is 4.74 Å². The van der Waals surface area contributed by atoms with E-state index in [1.165, 1.54) is 6.08 Å². The summed E-state index contributed by atoms with van der Waals surface area (Å²) in [5.74, 6) is 0.703. The number of methoxy groups -OCH3 is 1. The van der Waals surface area contributed by atoms with Crippen LogP contribution in [-0.4, -0.2) is 25.0 Å². The van der Waals surface area contributed by atoms with E-state index in [-0.39, 0.29) is 11.5 Å². The molecule has 2 N–H and O–H groups in total. The number of benzene rings is 2. The molecule has 0 heterocycles. The molecule has 0 aromatic heterocycles. The van der Waals surface area contributed by atoms with Gasteiger partial charge in [-0.2, -0.15) is 0 Å². The van der Waals surface area contributed by atoms with Gasteiger partial charge in [-0.05, 0) is 61.9 Å². The molecule has 2 aromatic rings. The van der Waals surface area contributed by atoms with E-state index >= 15 is 0 Å². The summed E-state index contributed by atoms with van der Waals surface area (Å²) in [7, 11) is 3.38. The van der Waals surface area contributed by atoms with Crippen molar-refractivity contribution in [3.63, 3.8) is 0 Å². The predicted octanol–water partition coefficient (Wildman–Crippen LogP) is 3.96. The summed E-state index contributed by atoms with van der Waals surface area (Å²) in [5, 5.41) is 13.0. The number of aryl methyl sites for hydroxylation is 1. The summed E-state index contributed by atoms with van der Waals surface area (Å²) in [4.78, 5) is 12.3. The highest BCUT2D eigenvalue weighted by atomic mass is 16.5. The zero-order chi connectivity index (χ0) is 17.0. The maximum Gasteiger partial charge on any atom is 0.185 e. The van der Waals surface area contributed by atoms with Gasteiger partial charge in [0, 0.05) is 29.4 Å². The molecular formula is C19H21NO3. The Balaban J connectivity index is 2.30. The average Bonchev–Trinajstić information content (AvgIpc) is 2.57. The van der Waals surface area contributed by atoms with Gasteiger partial charge >= 0.3 is 0 Å². The van der Waals surface area contributed by atoms with E-state index in [9.17, 15) is 9.90 Å². The van der Waals surface area contributed by atoms with Gasteiger partial charge < -0.3 is 15.2 Å². The summed E-state index contributed by atoms with van der Waals surface area (Å²) in [6, 6.07) is 9.08. The molecule has 4 heteroatoms. The average molecular weight is 311 g/mol. The Morgan fingerprint density at radius 3 is 2.43 bits per heavy atom. The lowest BCUT2D eigenvalue weighted by Crippen LogP contribution is -1.96. The van der Waals surface area contributed by atoms with E-state index in [0.29, 0.717) is 16.9 Å². The number of hydrogen-bond acceptors (Lipinski definition) is 4. The molecule has 0 aliphatic heterocycles. The lowest BCUT2D eigenvalue weighted by molar-refractivity contribution is 0.104. The minimum Gasteiger partial charge on any atom is -0.507 e. The molecule has 0 unspecified atom stereocenters. The number of phenolic OH excluding ortho intramolecular Hbond substituents is 1. The number of ether oxygens (including phenoxy) is 1. The van der Waals surface area contributed by atoms with Gasteiger partial charge in [0.25, 0.3) is 0 Å². The molecule has 0 saturated heterocycles. The maximum absolute atomic E-state index is 12.3. The van der Waals surface area contributed by atoms with Gasteiger partial charge in [-0.15, -0.1) is 0 Å². The van der Waals surface area contributed by atoms with Crippen LogP contribution in [0.15, 0.2) is 36.4 Å². The number of allylic oxidation sites excluding steroid dienone is 1. The lowest BCUT2D eigenvalue weighted by atomic mass is 10.0. The SMILES string of the molecule is CNc1ccc(C(=O)/C=C/c2cc(C)c(O)c(C)c2OC)cc1. The Hall–Kier alpha value is -2.75. The van der Waals surface area contributed by atoms with Gasteiger partial charge in [0.05, 0.1) is 7.11 Å². The van der Waals surface area contributed by atoms with Gasteiger partial charge in [-0.25, -0.2) is 0 Å². The smallest absolute Gasteiger partial charge is 0.185 e. The maximum atomic E-state index is 12.3. The normalized spacial score (nSPS) is 10.8. The summed E-state index contributed by atoms with van der Waals surface area (Å²) < 4.78 is 5.35. The molecule has 0 fully saturated rings. The predicted molar refractivity (Wildman–Crippen MR) is 93.5 cm³/mol. The van der Waals surface area contributed by atoms with Gasteiger partial charge in [-0.1, -0.05) is 0 Å². The number of anilines is 1. The van der Waals surface area contributed by atoms with Crippen molar-refractivity contribution >= 4 is 17.5 Å². The second-order valence-corrected chi connectivity index (χ2v) is 5.31. The fourth-order valence-electron chi connectivity index (χ4n) is 2.44. The monoisotopic (exact) mass is 311 g/mol. The fraction of sp³-hybridized carbons (Fsp3) is 0.211. The van der Waals surface area contributed by atoms with E-state index < -0.39 is 0 Å². The summed E-state index contributed by atoms with van der Waals surface area (Å²) in [5.41, 5.74) is 3.75. The van der Waals surface area contributed by atoms with E-state index in [1.54, 1.807) is 38.3 Å². The summed E-state index contributed by atoms with van der Waals surface area (Å²) >= 11 is 0. The van der Waals surface area contributed by atoms with Gasteiger partial charge in [0.2, 0.25) is 0 Å². The standard InChI is InChI=1S/C19H21NO3/c1-12-11-15(19(23-4)13(2)18(12)22)7-10-17(21)14-5-8-16(20-3)9-6-14/h5-11,20,22H,1-4H3/b10-7+. The zero-order valence-corrected chi connectivity index (χ0v) is 13.8. The molecule has 0 aliphatic carbocycles. The molecular weight excluding hydrogens is 290 g/mol. The van der Waals surface area contributed by atoms with Crippen molar-refractivity contribution in [3.8, 4) is 11.5 Å². The molecule has 2 aromatic carbocycles. The van der Waals surface area contributed by atoms with Crippen LogP contribution in [0.25, 0.3) is 6.08 Å². The molecule has 23 heavy (non-hydrogen) atoms. The van der Waals surface area contributed by atoms with Crippen LogP contribution in [0.5, 0.6) is 11.5 Å². The minimum absolute atomic E-state index is 0.0851. The molecule has 120 valence electrons. The highest BCUT2D eigenvalue weighted by Gasteiger charge is 2.12. The molecule has 0 aliphatic rings. The summed E-state index contributed by atoms with van der Waals surface area (Å²) in [6.45, 7) is 3.61. The molecule has 0 atom stereocenters. The third-order valence-corrected chi connectivity index (χ3v) is 3.78. The minimum atomic E-state index is -0.0851. The number of aromatic hydroxyl groups is 1. The van der Waals surface area contributed by atoms with Crippen LogP contribution in [0.4, 0.5) is 5.69 Å². The van der Waals surface area contributed by atoms with Crippen molar-refractivity contribution in [2.24, 2.45) is 0 Å². The molecule has 0 bridgehead atoms. The van der Waals surface area contributed by atoms with Crippen LogP contribution in [0, 0.1) is 13.8 Å². The van der Waals surface area contributed by atoms with Crippen LogP contribution in [0.2, 0.25) is 0 Å². The molecule has 0 amide bonds. The largest absolute Gasteiger partial charge is 0.507 e. The molecule has 0 spiro atoms. The van der Waals surface area contributed by atoms with Crippen LogP contribution < -0.4 is 10.1 Å². The third-order valence-electron chi connectivity index (χ3n) is 3.78. The second-order valence-electron chi connectivity index (χ2n) is 5.31. The van der Waals surface area contributed by atoms with E-state index in [1.807, 2.05) is 26.1 Å². The van der Waals surface area contributed by atoms with Crippen molar-refractivity contribution in [1.82, 2.24) is 0 Å². The van der Waals surface area contributed by atoms with Crippen LogP contribution in [0.3, 0.4) is 0 Å². The number of nitrogens with one attached hydrogen (secondary N) is 1. The van der Waals surface area contributed by atoms with Crippen molar-refractivity contribution in [2.45, 2.75) is 13.8 Å². The highest BCUT2D eigenvalue weighted by molar-refractivity contribution is 6.07. The summed E-state index contributed by atoms with van der Waals surface area (Å²) in [6.07, 6.45) is 3.23. The Morgan fingerprint density at radius 2 is 1.87 bits per heavy atom. The number of carbonyl (C=O) groups excluding carboxylic acids is 1. The molecule has 0 saturated carbocycles. The topological polar surface area (TPSA) is 58.6 Å². The third kappa shape index (κ3) is 3.54. The van der Waals surface area contributed by atoms with Crippen LogP contribution >= 0.6 is 0 Å². The van der Waals surface area contributed by atoms with Gasteiger partial charge in [0.15, 0.2) is 5.78 Å². The van der Waals surface area contributed by atoms with Crippen LogP contribution in [-0.2, 0) is 0 Å². The zero-order valence-electron chi connectivity index (χ0n) is 13.8. The highest BCUT2D eigenvalue weighted by Crippen LogP contribution is 2.34. The Labute approximate surface area is 136 Å². The molecule has 0 radical (unpaired) electrons. The first-order valence-electron chi connectivity index (χ1n) is 7.35.